The second kappa shape index (κ2) is 4.95. The van der Waals surface area contributed by atoms with E-state index in [1.165, 1.54) is 6.20 Å². The fourth-order valence-corrected chi connectivity index (χ4v) is 1.47. The Labute approximate surface area is 101 Å². The maximum atomic E-state index is 11.8. The van der Waals surface area contributed by atoms with Crippen LogP contribution in [0.1, 0.15) is 25.2 Å². The van der Waals surface area contributed by atoms with Crippen molar-refractivity contribution in [1.82, 2.24) is 15.3 Å². The lowest BCUT2D eigenvalue weighted by molar-refractivity contribution is -0.125. The molecule has 0 saturated carbocycles. The molecular formula is C12H18N4O. The summed E-state index contributed by atoms with van der Waals surface area (Å²) < 4.78 is 0. The Balaban J connectivity index is 3.21. The Morgan fingerprint density at radius 3 is 2.65 bits per heavy atom. The highest BCUT2D eigenvalue weighted by atomic mass is 16.2. The molecule has 1 heterocycles. The summed E-state index contributed by atoms with van der Waals surface area (Å²) >= 11 is 0. The quantitative estimate of drug-likeness (QED) is 0.825. The van der Waals surface area contributed by atoms with Gasteiger partial charge < -0.3 is 10.6 Å². The molecule has 0 atom stereocenters. The smallest absolute Gasteiger partial charge is 0.231 e. The van der Waals surface area contributed by atoms with Crippen LogP contribution in [0.4, 0.5) is 5.95 Å². The third kappa shape index (κ3) is 2.81. The van der Waals surface area contributed by atoms with E-state index in [1.807, 2.05) is 26.8 Å². The molecule has 2 N–H and O–H groups in total. The van der Waals surface area contributed by atoms with E-state index in [-0.39, 0.29) is 5.91 Å². The van der Waals surface area contributed by atoms with Crippen molar-refractivity contribution < 1.29 is 4.79 Å². The third-order valence-electron chi connectivity index (χ3n) is 2.52. The SMILES string of the molecule is C=CNc1nc(C)cc(C(C)(C)C(=O)NC)n1. The van der Waals surface area contributed by atoms with Gasteiger partial charge in [0.25, 0.3) is 0 Å². The van der Waals surface area contributed by atoms with Crippen LogP contribution >= 0.6 is 0 Å². The van der Waals surface area contributed by atoms with Gasteiger partial charge in [-0.25, -0.2) is 9.97 Å². The first-order valence-electron chi connectivity index (χ1n) is 5.37. The number of amides is 1. The van der Waals surface area contributed by atoms with Crippen LogP contribution in [0.5, 0.6) is 0 Å². The molecule has 0 aliphatic carbocycles. The molecule has 0 bridgehead atoms. The lowest BCUT2D eigenvalue weighted by atomic mass is 9.87. The van der Waals surface area contributed by atoms with Crippen molar-refractivity contribution >= 4 is 11.9 Å². The minimum absolute atomic E-state index is 0.0832. The molecule has 0 fully saturated rings. The average molecular weight is 234 g/mol. The first-order valence-corrected chi connectivity index (χ1v) is 5.37. The van der Waals surface area contributed by atoms with Crippen LogP contribution in [-0.2, 0) is 10.2 Å². The van der Waals surface area contributed by atoms with E-state index in [9.17, 15) is 4.79 Å². The number of hydrogen-bond acceptors (Lipinski definition) is 4. The number of carbonyl (C=O) groups excluding carboxylic acids is 1. The van der Waals surface area contributed by atoms with Crippen molar-refractivity contribution in [3.63, 3.8) is 0 Å². The van der Waals surface area contributed by atoms with E-state index in [0.717, 1.165) is 5.69 Å². The summed E-state index contributed by atoms with van der Waals surface area (Å²) in [6.07, 6.45) is 1.51. The fourth-order valence-electron chi connectivity index (χ4n) is 1.47. The number of nitrogens with zero attached hydrogens (tertiary/aromatic N) is 2. The maximum Gasteiger partial charge on any atom is 0.231 e. The van der Waals surface area contributed by atoms with Gasteiger partial charge in [-0.2, -0.15) is 0 Å². The number of nitrogens with one attached hydrogen (secondary N) is 2. The molecule has 17 heavy (non-hydrogen) atoms. The second-order valence-electron chi connectivity index (χ2n) is 4.27. The van der Waals surface area contributed by atoms with Crippen molar-refractivity contribution in [1.29, 1.82) is 0 Å². The van der Waals surface area contributed by atoms with Crippen LogP contribution in [0.25, 0.3) is 0 Å². The molecular weight excluding hydrogens is 216 g/mol. The lowest BCUT2D eigenvalue weighted by Gasteiger charge is -2.22. The van der Waals surface area contributed by atoms with Crippen molar-refractivity contribution in [3.05, 3.63) is 30.2 Å². The summed E-state index contributed by atoms with van der Waals surface area (Å²) in [4.78, 5) is 20.3. The normalized spacial score (nSPS) is 10.8. The molecule has 0 spiro atoms. The van der Waals surface area contributed by atoms with Crippen LogP contribution in [0.3, 0.4) is 0 Å². The van der Waals surface area contributed by atoms with Crippen LogP contribution in [0.15, 0.2) is 18.8 Å². The van der Waals surface area contributed by atoms with Gasteiger partial charge in [-0.05, 0) is 33.0 Å². The van der Waals surface area contributed by atoms with Gasteiger partial charge in [0.05, 0.1) is 11.1 Å². The Bertz CT molecular complexity index is 440. The predicted octanol–water partition coefficient (Wildman–Crippen LogP) is 1.36. The van der Waals surface area contributed by atoms with Gasteiger partial charge in [0, 0.05) is 12.7 Å². The zero-order chi connectivity index (χ0) is 13.1. The Morgan fingerprint density at radius 2 is 2.12 bits per heavy atom. The number of aromatic nitrogens is 2. The molecule has 5 nitrogen and oxygen atoms in total. The molecule has 0 saturated heterocycles. The van der Waals surface area contributed by atoms with Crippen molar-refractivity contribution in [2.45, 2.75) is 26.2 Å². The monoisotopic (exact) mass is 234 g/mol. The molecule has 1 aromatic heterocycles. The van der Waals surface area contributed by atoms with Gasteiger partial charge >= 0.3 is 0 Å². The van der Waals surface area contributed by atoms with E-state index in [2.05, 4.69) is 27.2 Å². The highest BCUT2D eigenvalue weighted by Crippen LogP contribution is 2.22. The third-order valence-corrected chi connectivity index (χ3v) is 2.52. The Kier molecular flexibility index (Phi) is 3.83. The topological polar surface area (TPSA) is 66.9 Å². The largest absolute Gasteiger partial charge is 0.358 e. The molecule has 92 valence electrons. The lowest BCUT2D eigenvalue weighted by Crippen LogP contribution is -2.38. The zero-order valence-electron chi connectivity index (χ0n) is 10.7. The van der Waals surface area contributed by atoms with Gasteiger partial charge in [0.1, 0.15) is 0 Å². The summed E-state index contributed by atoms with van der Waals surface area (Å²) in [5.74, 6) is 0.368. The summed E-state index contributed by atoms with van der Waals surface area (Å²) in [5.41, 5.74) is 0.782. The minimum atomic E-state index is -0.694. The van der Waals surface area contributed by atoms with Crippen molar-refractivity contribution in [3.8, 4) is 0 Å². The fraction of sp³-hybridized carbons (Fsp3) is 0.417. The van der Waals surface area contributed by atoms with E-state index < -0.39 is 5.41 Å². The number of rotatable bonds is 4. The highest BCUT2D eigenvalue weighted by Gasteiger charge is 2.31. The standard InChI is InChI=1S/C12H18N4O/c1-6-14-11-15-8(2)7-9(16-11)12(3,4)10(17)13-5/h6-7H,1H2,2-5H3,(H,13,17)(H,14,15,16). The molecule has 0 aliphatic heterocycles. The van der Waals surface area contributed by atoms with E-state index in [0.29, 0.717) is 11.6 Å². The maximum absolute atomic E-state index is 11.8. The number of carbonyl (C=O) groups is 1. The summed E-state index contributed by atoms with van der Waals surface area (Å²) in [5, 5.41) is 5.46. The minimum Gasteiger partial charge on any atom is -0.358 e. The van der Waals surface area contributed by atoms with Gasteiger partial charge in [-0.15, -0.1) is 0 Å². The Hall–Kier alpha value is -1.91. The summed E-state index contributed by atoms with van der Waals surface area (Å²) in [6.45, 7) is 9.07. The first-order chi connectivity index (χ1) is 7.91. The van der Waals surface area contributed by atoms with Crippen LogP contribution in [0, 0.1) is 6.92 Å². The molecule has 0 aromatic carbocycles. The number of hydrogen-bond donors (Lipinski definition) is 2. The number of likely N-dealkylation sites (N-methyl/N-ethyl adjacent to an activating group) is 1. The number of aryl methyl sites for hydroxylation is 1. The Morgan fingerprint density at radius 1 is 1.47 bits per heavy atom. The van der Waals surface area contributed by atoms with E-state index in [1.54, 1.807) is 7.05 Å². The van der Waals surface area contributed by atoms with Crippen LogP contribution < -0.4 is 10.6 Å². The van der Waals surface area contributed by atoms with Gasteiger partial charge in [-0.3, -0.25) is 4.79 Å². The number of anilines is 1. The molecule has 0 radical (unpaired) electrons. The summed E-state index contributed by atoms with van der Waals surface area (Å²) in [6, 6.07) is 1.81. The van der Waals surface area contributed by atoms with Gasteiger partial charge in [-0.1, -0.05) is 6.58 Å². The van der Waals surface area contributed by atoms with E-state index >= 15 is 0 Å². The van der Waals surface area contributed by atoms with E-state index in [4.69, 9.17) is 0 Å². The molecule has 0 unspecified atom stereocenters. The molecule has 1 rings (SSSR count). The van der Waals surface area contributed by atoms with Crippen LogP contribution in [-0.4, -0.2) is 22.9 Å². The molecule has 1 amide bonds. The first kappa shape index (κ1) is 13.2. The zero-order valence-corrected chi connectivity index (χ0v) is 10.7. The van der Waals surface area contributed by atoms with Crippen molar-refractivity contribution in [2.75, 3.05) is 12.4 Å². The van der Waals surface area contributed by atoms with Crippen molar-refractivity contribution in [2.24, 2.45) is 0 Å². The molecule has 0 aliphatic rings. The second-order valence-corrected chi connectivity index (χ2v) is 4.27. The molecule has 5 heteroatoms. The van der Waals surface area contributed by atoms with Gasteiger partial charge in [0.15, 0.2) is 0 Å². The highest BCUT2D eigenvalue weighted by molar-refractivity contribution is 5.86. The van der Waals surface area contributed by atoms with Crippen LogP contribution in [0.2, 0.25) is 0 Å². The van der Waals surface area contributed by atoms with Gasteiger partial charge in [0.2, 0.25) is 11.9 Å². The summed E-state index contributed by atoms with van der Waals surface area (Å²) in [7, 11) is 1.61. The molecule has 1 aromatic rings. The predicted molar refractivity (Wildman–Crippen MR) is 67.7 cm³/mol. The average Bonchev–Trinajstić information content (AvgIpc) is 2.27.